The van der Waals surface area contributed by atoms with E-state index in [1.54, 1.807) is 0 Å². The summed E-state index contributed by atoms with van der Waals surface area (Å²) in [6.45, 7) is 3.47. The second-order valence-corrected chi connectivity index (χ2v) is 3.70. The molecule has 2 aliphatic heterocycles. The monoisotopic (exact) mass is 174 g/mol. The van der Waals surface area contributed by atoms with E-state index in [4.69, 9.17) is 14.2 Å². The largest absolute Gasteiger partial charge is 0.388 e. The average Bonchev–Trinajstić information content (AvgIpc) is 2.74. The second-order valence-electron chi connectivity index (χ2n) is 3.70. The van der Waals surface area contributed by atoms with E-state index in [0.29, 0.717) is 6.61 Å². The van der Waals surface area contributed by atoms with E-state index < -0.39 is 6.10 Å². The molecule has 3 unspecified atom stereocenters. The SMILES string of the molecule is CC1(CC2OCOCC2O)CO1. The third-order valence-electron chi connectivity index (χ3n) is 2.35. The van der Waals surface area contributed by atoms with Crippen LogP contribution in [0.3, 0.4) is 0 Å². The Bertz CT molecular complexity index is 166. The van der Waals surface area contributed by atoms with Crippen LogP contribution < -0.4 is 0 Å². The molecule has 0 radical (unpaired) electrons. The van der Waals surface area contributed by atoms with Crippen LogP contribution in [0.4, 0.5) is 0 Å². The predicted octanol–water partition coefficient (Wildman–Crippen LogP) is -0.101. The van der Waals surface area contributed by atoms with Crippen LogP contribution in [0.25, 0.3) is 0 Å². The number of aliphatic hydroxyl groups is 1. The minimum Gasteiger partial charge on any atom is -0.388 e. The minimum atomic E-state index is -0.500. The van der Waals surface area contributed by atoms with Gasteiger partial charge in [0.1, 0.15) is 12.9 Å². The maximum atomic E-state index is 9.45. The van der Waals surface area contributed by atoms with Crippen LogP contribution in [0, 0.1) is 0 Å². The normalized spacial score (nSPS) is 47.5. The van der Waals surface area contributed by atoms with Crippen LogP contribution in [-0.4, -0.2) is 42.9 Å². The Labute approximate surface area is 71.4 Å². The second kappa shape index (κ2) is 2.96. The van der Waals surface area contributed by atoms with Gasteiger partial charge in [0.25, 0.3) is 0 Å². The number of epoxide rings is 1. The van der Waals surface area contributed by atoms with Crippen LogP contribution in [-0.2, 0) is 14.2 Å². The highest BCUT2D eigenvalue weighted by Gasteiger charge is 2.43. The molecule has 0 aromatic rings. The van der Waals surface area contributed by atoms with Gasteiger partial charge in [-0.1, -0.05) is 0 Å². The van der Waals surface area contributed by atoms with Gasteiger partial charge in [-0.25, -0.2) is 0 Å². The topological polar surface area (TPSA) is 51.2 Å². The summed E-state index contributed by atoms with van der Waals surface area (Å²) >= 11 is 0. The van der Waals surface area contributed by atoms with E-state index in [0.717, 1.165) is 13.0 Å². The Kier molecular flexibility index (Phi) is 2.08. The summed E-state index contributed by atoms with van der Waals surface area (Å²) in [6.07, 6.45) is 0.142. The number of rotatable bonds is 2. The van der Waals surface area contributed by atoms with Gasteiger partial charge in [-0.2, -0.15) is 0 Å². The molecule has 3 atom stereocenters. The van der Waals surface area contributed by atoms with E-state index in [1.165, 1.54) is 0 Å². The van der Waals surface area contributed by atoms with Crippen molar-refractivity contribution in [1.29, 1.82) is 0 Å². The van der Waals surface area contributed by atoms with Crippen LogP contribution in [0.2, 0.25) is 0 Å². The molecule has 12 heavy (non-hydrogen) atoms. The molecule has 0 amide bonds. The number of aliphatic hydroxyl groups excluding tert-OH is 1. The lowest BCUT2D eigenvalue weighted by molar-refractivity contribution is -0.198. The van der Waals surface area contributed by atoms with Crippen molar-refractivity contribution < 1.29 is 19.3 Å². The smallest absolute Gasteiger partial charge is 0.147 e. The summed E-state index contributed by atoms with van der Waals surface area (Å²) < 4.78 is 15.4. The molecule has 2 aliphatic rings. The maximum absolute atomic E-state index is 9.45. The average molecular weight is 174 g/mol. The van der Waals surface area contributed by atoms with Gasteiger partial charge in [-0.15, -0.1) is 0 Å². The number of hydrogen-bond acceptors (Lipinski definition) is 4. The molecular formula is C8H14O4. The molecular weight excluding hydrogens is 160 g/mol. The first-order valence-electron chi connectivity index (χ1n) is 4.21. The van der Waals surface area contributed by atoms with E-state index in [1.807, 2.05) is 6.92 Å². The summed E-state index contributed by atoms with van der Waals surface area (Å²) in [4.78, 5) is 0. The van der Waals surface area contributed by atoms with Crippen LogP contribution >= 0.6 is 0 Å². The molecule has 0 aromatic carbocycles. The Morgan fingerprint density at radius 3 is 2.92 bits per heavy atom. The zero-order chi connectivity index (χ0) is 8.60. The van der Waals surface area contributed by atoms with Gasteiger partial charge in [0.05, 0.1) is 24.9 Å². The van der Waals surface area contributed by atoms with Crippen LogP contribution in [0.5, 0.6) is 0 Å². The zero-order valence-corrected chi connectivity index (χ0v) is 7.16. The van der Waals surface area contributed by atoms with Crippen molar-refractivity contribution in [1.82, 2.24) is 0 Å². The molecule has 2 saturated heterocycles. The summed E-state index contributed by atoms with van der Waals surface area (Å²) in [5.74, 6) is 0. The Morgan fingerprint density at radius 2 is 2.33 bits per heavy atom. The van der Waals surface area contributed by atoms with Crippen molar-refractivity contribution >= 4 is 0 Å². The van der Waals surface area contributed by atoms with Crippen molar-refractivity contribution in [2.75, 3.05) is 20.0 Å². The summed E-state index contributed by atoms with van der Waals surface area (Å²) in [6, 6.07) is 0. The Hall–Kier alpha value is -0.160. The van der Waals surface area contributed by atoms with Gasteiger partial charge in [-0.3, -0.25) is 0 Å². The van der Waals surface area contributed by atoms with E-state index in [2.05, 4.69) is 0 Å². The molecule has 1 N–H and O–H groups in total. The zero-order valence-electron chi connectivity index (χ0n) is 7.16. The molecule has 4 heteroatoms. The van der Waals surface area contributed by atoms with Gasteiger partial charge in [0.15, 0.2) is 0 Å². The van der Waals surface area contributed by atoms with Crippen LogP contribution in [0.1, 0.15) is 13.3 Å². The van der Waals surface area contributed by atoms with E-state index >= 15 is 0 Å². The molecule has 70 valence electrons. The summed E-state index contributed by atoms with van der Waals surface area (Å²) in [5, 5.41) is 9.45. The highest BCUT2D eigenvalue weighted by Crippen LogP contribution is 2.33. The summed E-state index contributed by atoms with van der Waals surface area (Å²) in [7, 11) is 0. The van der Waals surface area contributed by atoms with Crippen molar-refractivity contribution in [3.63, 3.8) is 0 Å². The molecule has 2 heterocycles. The van der Waals surface area contributed by atoms with Crippen molar-refractivity contribution in [2.45, 2.75) is 31.2 Å². The number of ether oxygens (including phenoxy) is 3. The third-order valence-corrected chi connectivity index (χ3v) is 2.35. The van der Waals surface area contributed by atoms with Gasteiger partial charge in [-0.05, 0) is 6.92 Å². The molecule has 0 spiro atoms. The Balaban J connectivity index is 1.84. The first kappa shape index (κ1) is 8.44. The maximum Gasteiger partial charge on any atom is 0.147 e. The highest BCUT2D eigenvalue weighted by atomic mass is 16.7. The first-order chi connectivity index (χ1) is 5.70. The molecule has 4 nitrogen and oxygen atoms in total. The first-order valence-corrected chi connectivity index (χ1v) is 4.21. The fourth-order valence-corrected chi connectivity index (χ4v) is 1.38. The highest BCUT2D eigenvalue weighted by molar-refractivity contribution is 4.91. The van der Waals surface area contributed by atoms with Crippen molar-refractivity contribution in [3.8, 4) is 0 Å². The van der Waals surface area contributed by atoms with Gasteiger partial charge in [0, 0.05) is 6.42 Å². The quantitative estimate of drug-likeness (QED) is 0.594. The van der Waals surface area contributed by atoms with Crippen molar-refractivity contribution in [2.24, 2.45) is 0 Å². The lowest BCUT2D eigenvalue weighted by atomic mass is 10.0. The standard InChI is InChI=1S/C8H14O4/c1-8(4-12-8)2-7-6(9)3-10-5-11-7/h6-7,9H,2-5H2,1H3. The summed E-state index contributed by atoms with van der Waals surface area (Å²) in [5.41, 5.74) is -0.0526. The van der Waals surface area contributed by atoms with Gasteiger partial charge >= 0.3 is 0 Å². The lowest BCUT2D eigenvalue weighted by Gasteiger charge is -2.28. The number of hydrogen-bond donors (Lipinski definition) is 1. The fourth-order valence-electron chi connectivity index (χ4n) is 1.38. The third kappa shape index (κ3) is 1.77. The molecule has 2 rings (SSSR count). The molecule has 0 aliphatic carbocycles. The van der Waals surface area contributed by atoms with E-state index in [-0.39, 0.29) is 18.5 Å². The van der Waals surface area contributed by atoms with Gasteiger partial charge < -0.3 is 19.3 Å². The molecule has 0 aromatic heterocycles. The minimum absolute atomic E-state index is 0.0526. The van der Waals surface area contributed by atoms with Gasteiger partial charge in [0.2, 0.25) is 0 Å². The Morgan fingerprint density at radius 1 is 1.58 bits per heavy atom. The predicted molar refractivity (Wildman–Crippen MR) is 40.7 cm³/mol. The van der Waals surface area contributed by atoms with Crippen molar-refractivity contribution in [3.05, 3.63) is 0 Å². The molecule has 2 fully saturated rings. The molecule has 0 bridgehead atoms. The van der Waals surface area contributed by atoms with Crippen LogP contribution in [0.15, 0.2) is 0 Å². The lowest BCUT2D eigenvalue weighted by Crippen LogP contribution is -2.41. The van der Waals surface area contributed by atoms with E-state index in [9.17, 15) is 5.11 Å². The molecule has 0 saturated carbocycles. The fraction of sp³-hybridized carbons (Fsp3) is 1.00.